The molecule has 4 rings (SSSR count). The van der Waals surface area contributed by atoms with Gasteiger partial charge in [0.25, 0.3) is 10.0 Å². The van der Waals surface area contributed by atoms with E-state index in [-0.39, 0.29) is 21.7 Å². The summed E-state index contributed by atoms with van der Waals surface area (Å²) < 4.78 is 68.6. The maximum atomic E-state index is 13.0. The molecule has 9 heteroatoms. The van der Waals surface area contributed by atoms with Gasteiger partial charge < -0.3 is 4.74 Å². The summed E-state index contributed by atoms with van der Waals surface area (Å²) in [4.78, 5) is 11.7. The van der Waals surface area contributed by atoms with Crippen molar-refractivity contribution in [3.05, 3.63) is 84.6 Å². The number of carbonyl (C=O) groups excluding carboxylic acids is 1. The number of hydrogen-bond donors (Lipinski definition) is 0. The third kappa shape index (κ3) is 4.04. The summed E-state index contributed by atoms with van der Waals surface area (Å²) in [6, 6.07) is 17.8. The van der Waals surface area contributed by atoms with E-state index < -0.39 is 16.4 Å². The SMILES string of the molecule is O=Cc1cn(S(=O)(=O)c2ccccc2)c2ccc(-c3cccc(OC(F)(F)F)c3)cc12. The van der Waals surface area contributed by atoms with Crippen molar-refractivity contribution in [1.29, 1.82) is 0 Å². The van der Waals surface area contributed by atoms with Crippen molar-refractivity contribution < 1.29 is 31.1 Å². The highest BCUT2D eigenvalue weighted by Gasteiger charge is 2.31. The Labute approximate surface area is 175 Å². The van der Waals surface area contributed by atoms with Gasteiger partial charge in [0.2, 0.25) is 0 Å². The fraction of sp³-hybridized carbons (Fsp3) is 0.0455. The number of hydrogen-bond acceptors (Lipinski definition) is 4. The van der Waals surface area contributed by atoms with Gasteiger partial charge in [0.15, 0.2) is 6.29 Å². The molecule has 1 aromatic heterocycles. The number of alkyl halides is 3. The highest BCUT2D eigenvalue weighted by molar-refractivity contribution is 7.90. The highest BCUT2D eigenvalue weighted by Crippen LogP contribution is 2.32. The Hall–Kier alpha value is -3.59. The molecular weight excluding hydrogens is 431 g/mol. The lowest BCUT2D eigenvalue weighted by molar-refractivity contribution is -0.274. The van der Waals surface area contributed by atoms with Gasteiger partial charge in [0.05, 0.1) is 10.4 Å². The maximum Gasteiger partial charge on any atom is 0.573 e. The smallest absolute Gasteiger partial charge is 0.406 e. The van der Waals surface area contributed by atoms with Crippen molar-refractivity contribution in [1.82, 2.24) is 3.97 Å². The van der Waals surface area contributed by atoms with E-state index in [4.69, 9.17) is 0 Å². The van der Waals surface area contributed by atoms with Crippen molar-refractivity contribution in [2.24, 2.45) is 0 Å². The normalized spacial score (nSPS) is 12.1. The van der Waals surface area contributed by atoms with Crippen molar-refractivity contribution in [2.75, 3.05) is 0 Å². The van der Waals surface area contributed by atoms with Gasteiger partial charge in [0, 0.05) is 17.1 Å². The van der Waals surface area contributed by atoms with Crippen LogP contribution in [0, 0.1) is 0 Å². The molecule has 3 aromatic carbocycles. The van der Waals surface area contributed by atoms with Crippen LogP contribution in [0.5, 0.6) is 5.75 Å². The van der Waals surface area contributed by atoms with E-state index in [1.807, 2.05) is 0 Å². The average molecular weight is 445 g/mol. The van der Waals surface area contributed by atoms with Gasteiger partial charge in [-0.05, 0) is 47.5 Å². The Kier molecular flexibility index (Phi) is 5.06. The number of halogens is 3. The summed E-state index contributed by atoms with van der Waals surface area (Å²) in [5, 5.41) is 0.356. The molecule has 0 aliphatic carbocycles. The number of carbonyl (C=O) groups is 1. The monoisotopic (exact) mass is 445 g/mol. The number of rotatable bonds is 5. The first-order chi connectivity index (χ1) is 14.7. The topological polar surface area (TPSA) is 65.4 Å². The molecule has 158 valence electrons. The molecule has 1 heterocycles. The van der Waals surface area contributed by atoms with Gasteiger partial charge in [-0.3, -0.25) is 4.79 Å². The van der Waals surface area contributed by atoms with E-state index >= 15 is 0 Å². The minimum atomic E-state index is -4.82. The number of fused-ring (bicyclic) bond motifs is 1. The van der Waals surface area contributed by atoms with Crippen LogP contribution in [-0.2, 0) is 10.0 Å². The van der Waals surface area contributed by atoms with Crippen molar-refractivity contribution in [3.8, 4) is 16.9 Å². The minimum Gasteiger partial charge on any atom is -0.406 e. The molecule has 0 aliphatic heterocycles. The average Bonchev–Trinajstić information content (AvgIpc) is 3.12. The zero-order valence-corrected chi connectivity index (χ0v) is 16.5. The van der Waals surface area contributed by atoms with Crippen LogP contribution < -0.4 is 4.74 Å². The quantitative estimate of drug-likeness (QED) is 0.393. The first-order valence-electron chi connectivity index (χ1n) is 8.96. The molecule has 0 radical (unpaired) electrons. The predicted molar refractivity (Wildman–Crippen MR) is 108 cm³/mol. The zero-order valence-electron chi connectivity index (χ0n) is 15.7. The first-order valence-corrected chi connectivity index (χ1v) is 10.4. The van der Waals surface area contributed by atoms with E-state index in [2.05, 4.69) is 4.74 Å². The van der Waals surface area contributed by atoms with Crippen molar-refractivity contribution in [3.63, 3.8) is 0 Å². The summed E-state index contributed by atoms with van der Waals surface area (Å²) in [7, 11) is -3.95. The Morgan fingerprint density at radius 3 is 2.26 bits per heavy atom. The molecule has 0 aliphatic rings. The third-order valence-electron chi connectivity index (χ3n) is 4.63. The lowest BCUT2D eigenvalue weighted by Crippen LogP contribution is -2.17. The predicted octanol–water partition coefficient (Wildman–Crippen LogP) is 5.26. The fourth-order valence-electron chi connectivity index (χ4n) is 3.28. The molecule has 0 saturated heterocycles. The Balaban J connectivity index is 1.83. The molecular formula is C22H14F3NO4S. The summed E-state index contributed by atoms with van der Waals surface area (Å²) in [6.45, 7) is 0. The standard InChI is InChI=1S/C22H14F3NO4S/c23-22(24,25)30-18-6-4-5-15(11-18)16-9-10-21-20(12-16)17(14-27)13-26(21)31(28,29)19-7-2-1-3-8-19/h1-14H. The highest BCUT2D eigenvalue weighted by atomic mass is 32.2. The van der Waals surface area contributed by atoms with Crippen LogP contribution in [0.15, 0.2) is 83.9 Å². The van der Waals surface area contributed by atoms with E-state index in [0.29, 0.717) is 22.8 Å². The van der Waals surface area contributed by atoms with Gasteiger partial charge in [-0.15, -0.1) is 13.2 Å². The molecule has 0 N–H and O–H groups in total. The number of ether oxygens (including phenoxy) is 1. The Morgan fingerprint density at radius 2 is 1.58 bits per heavy atom. The van der Waals surface area contributed by atoms with Gasteiger partial charge in [0.1, 0.15) is 5.75 Å². The summed E-state index contributed by atoms with van der Waals surface area (Å²) >= 11 is 0. The van der Waals surface area contributed by atoms with Gasteiger partial charge in [-0.1, -0.05) is 36.4 Å². The molecule has 0 spiro atoms. The van der Waals surface area contributed by atoms with Crippen LogP contribution in [0.2, 0.25) is 0 Å². The lowest BCUT2D eigenvalue weighted by Gasteiger charge is -2.11. The largest absolute Gasteiger partial charge is 0.573 e. The third-order valence-corrected chi connectivity index (χ3v) is 6.32. The number of aromatic nitrogens is 1. The molecule has 0 saturated carbocycles. The molecule has 31 heavy (non-hydrogen) atoms. The van der Waals surface area contributed by atoms with Crippen molar-refractivity contribution >= 4 is 27.2 Å². The van der Waals surface area contributed by atoms with Crippen LogP contribution in [-0.4, -0.2) is 25.0 Å². The molecule has 5 nitrogen and oxygen atoms in total. The number of aldehydes is 1. The van der Waals surface area contributed by atoms with Gasteiger partial charge in [-0.2, -0.15) is 0 Å². The molecule has 0 amide bonds. The molecule has 4 aromatic rings. The Bertz CT molecular complexity index is 1380. The van der Waals surface area contributed by atoms with Crippen LogP contribution in [0.3, 0.4) is 0 Å². The maximum absolute atomic E-state index is 13.0. The minimum absolute atomic E-state index is 0.0606. The molecule has 0 atom stereocenters. The summed E-state index contributed by atoms with van der Waals surface area (Å²) in [5.41, 5.74) is 1.33. The number of benzene rings is 3. The summed E-state index contributed by atoms with van der Waals surface area (Å²) in [6.07, 6.45) is -3.06. The lowest BCUT2D eigenvalue weighted by atomic mass is 10.0. The first kappa shape index (κ1) is 20.7. The summed E-state index contributed by atoms with van der Waals surface area (Å²) in [5.74, 6) is -0.384. The van der Waals surface area contributed by atoms with Crippen molar-refractivity contribution in [2.45, 2.75) is 11.3 Å². The fourth-order valence-corrected chi connectivity index (χ4v) is 4.67. The van der Waals surface area contributed by atoms with Gasteiger partial charge >= 0.3 is 6.36 Å². The zero-order chi connectivity index (χ0) is 22.2. The van der Waals surface area contributed by atoms with Crippen LogP contribution in [0.25, 0.3) is 22.0 Å². The Morgan fingerprint density at radius 1 is 0.871 bits per heavy atom. The van der Waals surface area contributed by atoms with Crippen LogP contribution in [0.4, 0.5) is 13.2 Å². The molecule has 0 fully saturated rings. The van der Waals surface area contributed by atoms with E-state index in [1.54, 1.807) is 36.4 Å². The van der Waals surface area contributed by atoms with Crippen LogP contribution >= 0.6 is 0 Å². The second kappa shape index (κ2) is 7.59. The van der Waals surface area contributed by atoms with E-state index in [9.17, 15) is 26.4 Å². The van der Waals surface area contributed by atoms with E-state index in [1.165, 1.54) is 42.6 Å². The van der Waals surface area contributed by atoms with E-state index in [0.717, 1.165) is 3.97 Å². The number of nitrogens with zero attached hydrogens (tertiary/aromatic N) is 1. The molecule has 0 unspecified atom stereocenters. The second-order valence-corrected chi connectivity index (χ2v) is 8.44. The second-order valence-electron chi connectivity index (χ2n) is 6.62. The molecule has 0 bridgehead atoms. The van der Waals surface area contributed by atoms with Gasteiger partial charge in [-0.25, -0.2) is 12.4 Å². The van der Waals surface area contributed by atoms with Crippen LogP contribution in [0.1, 0.15) is 10.4 Å².